The maximum absolute atomic E-state index is 11.9. The van der Waals surface area contributed by atoms with Crippen LogP contribution in [0.25, 0.3) is 0 Å². The van der Waals surface area contributed by atoms with Crippen LogP contribution in [0.15, 0.2) is 0 Å². The Morgan fingerprint density at radius 1 is 1.18 bits per heavy atom. The van der Waals surface area contributed by atoms with E-state index in [1.54, 1.807) is 14.1 Å². The number of nitriles is 1. The van der Waals surface area contributed by atoms with Gasteiger partial charge in [0.05, 0.1) is 12.6 Å². The average Bonchev–Trinajstić information content (AvgIpc) is 2.25. The van der Waals surface area contributed by atoms with Crippen LogP contribution >= 0.6 is 0 Å². The molecule has 0 aliphatic rings. The van der Waals surface area contributed by atoms with Crippen molar-refractivity contribution < 1.29 is 13.2 Å². The van der Waals surface area contributed by atoms with E-state index in [0.717, 1.165) is 8.61 Å². The molecule has 0 aromatic rings. The molecule has 0 bridgehead atoms. The molecule has 0 radical (unpaired) electrons. The molecule has 0 aromatic heterocycles. The Morgan fingerprint density at radius 3 is 2.12 bits per heavy atom. The van der Waals surface area contributed by atoms with Crippen LogP contribution in [-0.2, 0) is 15.0 Å². The quantitative estimate of drug-likeness (QED) is 0.620. The molecule has 0 aliphatic heterocycles. The molecule has 0 N–H and O–H groups in total. The minimum Gasteiger partial charge on any atom is -0.348 e. The lowest BCUT2D eigenvalue weighted by Crippen LogP contribution is -2.44. The predicted molar refractivity (Wildman–Crippen MR) is 63.1 cm³/mol. The second-order valence-electron chi connectivity index (χ2n) is 3.78. The highest BCUT2D eigenvalue weighted by Gasteiger charge is 2.25. The Labute approximate surface area is 102 Å². The Morgan fingerprint density at radius 2 is 1.71 bits per heavy atom. The number of hydrogen-bond donors (Lipinski definition) is 0. The molecule has 98 valence electrons. The molecule has 0 heterocycles. The van der Waals surface area contributed by atoms with Crippen LogP contribution in [0, 0.1) is 11.3 Å². The van der Waals surface area contributed by atoms with Gasteiger partial charge in [0.2, 0.25) is 5.91 Å². The zero-order valence-corrected chi connectivity index (χ0v) is 11.4. The second-order valence-corrected chi connectivity index (χ2v) is 5.92. The van der Waals surface area contributed by atoms with E-state index in [4.69, 9.17) is 5.26 Å². The molecule has 17 heavy (non-hydrogen) atoms. The molecule has 0 atom stereocenters. The van der Waals surface area contributed by atoms with Gasteiger partial charge < -0.3 is 4.90 Å². The number of amides is 1. The van der Waals surface area contributed by atoms with Crippen molar-refractivity contribution in [3.05, 3.63) is 0 Å². The number of rotatable bonds is 6. The van der Waals surface area contributed by atoms with Crippen LogP contribution in [-0.4, -0.2) is 69.1 Å². The zero-order chi connectivity index (χ0) is 13.6. The highest BCUT2D eigenvalue weighted by Crippen LogP contribution is 2.04. The van der Waals surface area contributed by atoms with Crippen molar-refractivity contribution in [1.29, 1.82) is 5.26 Å². The number of carbonyl (C=O) groups is 1. The summed E-state index contributed by atoms with van der Waals surface area (Å²) in [6.45, 7) is -0.106. The lowest BCUT2D eigenvalue weighted by atomic mass is 10.5. The largest absolute Gasteiger partial charge is 0.348 e. The van der Waals surface area contributed by atoms with E-state index in [2.05, 4.69) is 0 Å². The third kappa shape index (κ3) is 4.68. The van der Waals surface area contributed by atoms with Gasteiger partial charge in [-0.25, -0.2) is 0 Å². The Kier molecular flexibility index (Phi) is 6.09. The standard InChI is InChI=1S/C9H18N4O3S/c1-11(2)9(14)8-13(4)17(15,16)12(3)7-5-6-10/h5,7-8H2,1-4H3. The van der Waals surface area contributed by atoms with Gasteiger partial charge in [-0.3, -0.25) is 4.79 Å². The summed E-state index contributed by atoms with van der Waals surface area (Å²) in [6, 6.07) is 1.87. The van der Waals surface area contributed by atoms with E-state index in [1.807, 2.05) is 6.07 Å². The van der Waals surface area contributed by atoms with Gasteiger partial charge in [0.15, 0.2) is 0 Å². The smallest absolute Gasteiger partial charge is 0.281 e. The first kappa shape index (κ1) is 15.8. The highest BCUT2D eigenvalue weighted by atomic mass is 32.2. The first-order valence-electron chi connectivity index (χ1n) is 4.98. The Bertz CT molecular complexity index is 399. The summed E-state index contributed by atoms with van der Waals surface area (Å²) in [5, 5.41) is 8.39. The third-order valence-corrected chi connectivity index (χ3v) is 4.07. The summed E-state index contributed by atoms with van der Waals surface area (Å²) in [5.74, 6) is -0.301. The normalized spacial score (nSPS) is 11.6. The summed E-state index contributed by atoms with van der Waals surface area (Å²) in [4.78, 5) is 12.7. The first-order valence-corrected chi connectivity index (χ1v) is 6.38. The van der Waals surface area contributed by atoms with E-state index in [-0.39, 0.29) is 25.4 Å². The van der Waals surface area contributed by atoms with Gasteiger partial charge in [0.1, 0.15) is 0 Å². The molecule has 1 amide bonds. The molecule has 0 aromatic carbocycles. The van der Waals surface area contributed by atoms with Crippen LogP contribution in [0.3, 0.4) is 0 Å². The summed E-state index contributed by atoms with van der Waals surface area (Å²) < 4.78 is 25.8. The van der Waals surface area contributed by atoms with Gasteiger partial charge in [-0.15, -0.1) is 0 Å². The van der Waals surface area contributed by atoms with Gasteiger partial charge in [-0.2, -0.15) is 22.3 Å². The van der Waals surface area contributed by atoms with Crippen molar-refractivity contribution in [2.45, 2.75) is 6.42 Å². The molecule has 8 heteroatoms. The number of nitrogens with zero attached hydrogens (tertiary/aromatic N) is 4. The molecule has 0 aliphatic carbocycles. The monoisotopic (exact) mass is 262 g/mol. The summed E-state index contributed by atoms with van der Waals surface area (Å²) in [7, 11) is 2.15. The Balaban J connectivity index is 4.61. The van der Waals surface area contributed by atoms with Crippen molar-refractivity contribution in [1.82, 2.24) is 13.5 Å². The highest BCUT2D eigenvalue weighted by molar-refractivity contribution is 7.86. The van der Waals surface area contributed by atoms with Crippen molar-refractivity contribution in [2.75, 3.05) is 41.3 Å². The van der Waals surface area contributed by atoms with Crippen molar-refractivity contribution in [3.8, 4) is 6.07 Å². The van der Waals surface area contributed by atoms with E-state index >= 15 is 0 Å². The van der Waals surface area contributed by atoms with Crippen molar-refractivity contribution in [3.63, 3.8) is 0 Å². The molecule has 0 saturated heterocycles. The maximum Gasteiger partial charge on any atom is 0.281 e. The van der Waals surface area contributed by atoms with Gasteiger partial charge in [-0.1, -0.05) is 0 Å². The second kappa shape index (κ2) is 6.54. The maximum atomic E-state index is 11.9. The van der Waals surface area contributed by atoms with Crippen LogP contribution in [0.2, 0.25) is 0 Å². The summed E-state index contributed by atoms with van der Waals surface area (Å²) in [6.07, 6.45) is 0.116. The third-order valence-electron chi connectivity index (χ3n) is 2.18. The summed E-state index contributed by atoms with van der Waals surface area (Å²) >= 11 is 0. The van der Waals surface area contributed by atoms with Crippen LogP contribution in [0.1, 0.15) is 6.42 Å². The zero-order valence-electron chi connectivity index (χ0n) is 10.5. The molecule has 0 fully saturated rings. The van der Waals surface area contributed by atoms with Crippen molar-refractivity contribution >= 4 is 16.1 Å². The molecule has 0 saturated carbocycles. The first-order chi connectivity index (χ1) is 7.73. The molecular formula is C9H18N4O3S. The van der Waals surface area contributed by atoms with Gasteiger partial charge >= 0.3 is 0 Å². The van der Waals surface area contributed by atoms with Crippen LogP contribution in [0.5, 0.6) is 0 Å². The van der Waals surface area contributed by atoms with E-state index in [9.17, 15) is 13.2 Å². The number of carbonyl (C=O) groups excluding carboxylic acids is 1. The van der Waals surface area contributed by atoms with Gasteiger partial charge in [0.25, 0.3) is 10.2 Å². The Hall–Kier alpha value is -1.17. The molecular weight excluding hydrogens is 244 g/mol. The molecule has 7 nitrogen and oxygen atoms in total. The molecule has 0 rings (SSSR count). The topological polar surface area (TPSA) is 84.7 Å². The fraction of sp³-hybridized carbons (Fsp3) is 0.778. The van der Waals surface area contributed by atoms with Gasteiger partial charge in [-0.05, 0) is 0 Å². The van der Waals surface area contributed by atoms with E-state index < -0.39 is 10.2 Å². The average molecular weight is 262 g/mol. The number of likely N-dealkylation sites (N-methyl/N-ethyl adjacent to an activating group) is 2. The predicted octanol–water partition coefficient (Wildman–Crippen LogP) is -0.903. The SMILES string of the molecule is CN(C)C(=O)CN(C)S(=O)(=O)N(C)CCC#N. The van der Waals surface area contributed by atoms with E-state index in [1.165, 1.54) is 19.0 Å². The van der Waals surface area contributed by atoms with Crippen molar-refractivity contribution in [2.24, 2.45) is 0 Å². The van der Waals surface area contributed by atoms with E-state index in [0.29, 0.717) is 0 Å². The fourth-order valence-electron chi connectivity index (χ4n) is 0.974. The minimum absolute atomic E-state index is 0.110. The molecule has 0 spiro atoms. The van der Waals surface area contributed by atoms with Crippen LogP contribution in [0.4, 0.5) is 0 Å². The lowest BCUT2D eigenvalue weighted by Gasteiger charge is -2.24. The minimum atomic E-state index is -3.67. The lowest BCUT2D eigenvalue weighted by molar-refractivity contribution is -0.128. The summed E-state index contributed by atoms with van der Waals surface area (Å²) in [5.41, 5.74) is 0. The fourth-order valence-corrected chi connectivity index (χ4v) is 2.05. The van der Waals surface area contributed by atoms with Gasteiger partial charge in [0, 0.05) is 41.2 Å². The number of hydrogen-bond acceptors (Lipinski definition) is 4. The molecule has 0 unspecified atom stereocenters. The van der Waals surface area contributed by atoms with Crippen LogP contribution < -0.4 is 0 Å².